The molecular weight excluding hydrogens is 353 g/mol. The van der Waals surface area contributed by atoms with E-state index in [2.05, 4.69) is 20.9 Å². The molecule has 0 radical (unpaired) electrons. The molecule has 0 fully saturated rings. The maximum absolute atomic E-state index is 9.70. The summed E-state index contributed by atoms with van der Waals surface area (Å²) in [4.78, 5) is 4.15. The fraction of sp³-hybridized carbons (Fsp3) is 0. The van der Waals surface area contributed by atoms with Crippen LogP contribution in [0.3, 0.4) is 0 Å². The SMILES string of the molecule is Oc1cc(Br)cc(C=Nc2cccc(Cl)c2Cl)c1O. The highest BCUT2D eigenvalue weighted by Crippen LogP contribution is 2.34. The van der Waals surface area contributed by atoms with E-state index in [1.54, 1.807) is 24.3 Å². The van der Waals surface area contributed by atoms with Crippen LogP contribution in [0.1, 0.15) is 5.56 Å². The van der Waals surface area contributed by atoms with Crippen LogP contribution in [0.5, 0.6) is 11.5 Å². The van der Waals surface area contributed by atoms with Crippen molar-refractivity contribution >= 4 is 51.0 Å². The van der Waals surface area contributed by atoms with Gasteiger partial charge in [0.1, 0.15) is 0 Å². The van der Waals surface area contributed by atoms with E-state index in [0.717, 1.165) is 0 Å². The Bertz CT molecular complexity index is 659. The Labute approximate surface area is 128 Å². The number of hydrogen-bond acceptors (Lipinski definition) is 3. The summed E-state index contributed by atoms with van der Waals surface area (Å²) in [6.07, 6.45) is 1.40. The van der Waals surface area contributed by atoms with Crippen LogP contribution in [0.4, 0.5) is 5.69 Å². The zero-order valence-electron chi connectivity index (χ0n) is 9.44. The van der Waals surface area contributed by atoms with E-state index in [4.69, 9.17) is 23.2 Å². The predicted octanol–water partition coefficient (Wildman–Crippen LogP) is 4.92. The number of phenols is 2. The van der Waals surface area contributed by atoms with Crippen molar-refractivity contribution < 1.29 is 10.2 Å². The molecule has 0 aliphatic heterocycles. The van der Waals surface area contributed by atoms with Gasteiger partial charge in [0, 0.05) is 16.3 Å². The summed E-state index contributed by atoms with van der Waals surface area (Å²) in [5.74, 6) is -0.474. The van der Waals surface area contributed by atoms with Crippen LogP contribution in [-0.2, 0) is 0 Å². The fourth-order valence-corrected chi connectivity index (χ4v) is 2.24. The first kappa shape index (κ1) is 14.2. The quantitative estimate of drug-likeness (QED) is 0.590. The van der Waals surface area contributed by atoms with E-state index < -0.39 is 0 Å². The minimum absolute atomic E-state index is 0.229. The largest absolute Gasteiger partial charge is 0.504 e. The summed E-state index contributed by atoms with van der Waals surface area (Å²) in [6.45, 7) is 0. The molecule has 0 heterocycles. The molecule has 3 nitrogen and oxygen atoms in total. The second-order valence-corrected chi connectivity index (χ2v) is 5.39. The Morgan fingerprint density at radius 3 is 2.63 bits per heavy atom. The molecule has 2 aromatic carbocycles. The summed E-state index contributed by atoms with van der Waals surface area (Å²) < 4.78 is 0.626. The molecule has 2 rings (SSSR count). The standard InChI is InChI=1S/C13H8BrCl2NO2/c14-8-4-7(13(19)11(18)5-8)6-17-10-3-1-2-9(15)12(10)16/h1-6,18-19H. The number of rotatable bonds is 2. The number of benzene rings is 2. The molecule has 2 N–H and O–H groups in total. The lowest BCUT2D eigenvalue weighted by atomic mass is 10.2. The normalized spacial score (nSPS) is 11.1. The van der Waals surface area contributed by atoms with Gasteiger partial charge in [0.15, 0.2) is 11.5 Å². The van der Waals surface area contributed by atoms with E-state index in [1.807, 2.05) is 0 Å². The van der Waals surface area contributed by atoms with Crippen molar-refractivity contribution in [1.82, 2.24) is 0 Å². The molecule has 0 aliphatic rings. The molecule has 0 saturated carbocycles. The Morgan fingerprint density at radius 1 is 1.16 bits per heavy atom. The number of hydrogen-bond donors (Lipinski definition) is 2. The van der Waals surface area contributed by atoms with E-state index >= 15 is 0 Å². The van der Waals surface area contributed by atoms with Crippen LogP contribution in [0.15, 0.2) is 39.8 Å². The zero-order valence-corrected chi connectivity index (χ0v) is 12.5. The zero-order chi connectivity index (χ0) is 14.0. The van der Waals surface area contributed by atoms with Crippen molar-refractivity contribution in [2.24, 2.45) is 4.99 Å². The van der Waals surface area contributed by atoms with Crippen LogP contribution < -0.4 is 0 Å². The Morgan fingerprint density at radius 2 is 1.89 bits per heavy atom. The van der Waals surface area contributed by atoms with Gasteiger partial charge in [-0.2, -0.15) is 0 Å². The van der Waals surface area contributed by atoms with Gasteiger partial charge in [0.05, 0.1) is 15.7 Å². The van der Waals surface area contributed by atoms with Gasteiger partial charge in [0.2, 0.25) is 0 Å². The molecule has 0 saturated heterocycles. The van der Waals surface area contributed by atoms with Gasteiger partial charge in [-0.15, -0.1) is 0 Å². The topological polar surface area (TPSA) is 52.8 Å². The van der Waals surface area contributed by atoms with Crippen molar-refractivity contribution in [3.8, 4) is 11.5 Å². The highest BCUT2D eigenvalue weighted by Gasteiger charge is 2.07. The molecule has 19 heavy (non-hydrogen) atoms. The molecule has 2 aromatic rings. The molecule has 0 spiro atoms. The fourth-order valence-electron chi connectivity index (χ4n) is 1.44. The molecule has 0 aliphatic carbocycles. The maximum Gasteiger partial charge on any atom is 0.166 e. The first-order chi connectivity index (χ1) is 8.99. The molecule has 0 aromatic heterocycles. The number of phenolic OH excluding ortho intramolecular Hbond substituents is 2. The summed E-state index contributed by atoms with van der Waals surface area (Å²) in [5.41, 5.74) is 0.843. The van der Waals surface area contributed by atoms with E-state index in [0.29, 0.717) is 25.8 Å². The molecule has 0 bridgehead atoms. The van der Waals surface area contributed by atoms with Gasteiger partial charge >= 0.3 is 0 Å². The molecule has 98 valence electrons. The van der Waals surface area contributed by atoms with Gasteiger partial charge in [-0.25, -0.2) is 0 Å². The number of nitrogens with zero attached hydrogens (tertiary/aromatic N) is 1. The lowest BCUT2D eigenvalue weighted by molar-refractivity contribution is 0.403. The van der Waals surface area contributed by atoms with Crippen LogP contribution in [-0.4, -0.2) is 16.4 Å². The van der Waals surface area contributed by atoms with Crippen LogP contribution in [0, 0.1) is 0 Å². The number of aromatic hydroxyl groups is 2. The van der Waals surface area contributed by atoms with Crippen molar-refractivity contribution in [3.63, 3.8) is 0 Å². The van der Waals surface area contributed by atoms with Crippen LogP contribution >= 0.6 is 39.1 Å². The van der Waals surface area contributed by atoms with Crippen molar-refractivity contribution in [2.75, 3.05) is 0 Å². The van der Waals surface area contributed by atoms with E-state index in [1.165, 1.54) is 12.3 Å². The van der Waals surface area contributed by atoms with Crippen LogP contribution in [0.25, 0.3) is 0 Å². The predicted molar refractivity (Wildman–Crippen MR) is 81.2 cm³/mol. The lowest BCUT2D eigenvalue weighted by Crippen LogP contribution is -1.84. The first-order valence-corrected chi connectivity index (χ1v) is 6.73. The highest BCUT2D eigenvalue weighted by atomic mass is 79.9. The number of aliphatic imine (C=N–C) groups is 1. The maximum atomic E-state index is 9.70. The van der Waals surface area contributed by atoms with Gasteiger partial charge < -0.3 is 10.2 Å². The van der Waals surface area contributed by atoms with Gasteiger partial charge in [-0.05, 0) is 24.3 Å². The molecule has 0 amide bonds. The summed E-state index contributed by atoms with van der Waals surface area (Å²) in [6, 6.07) is 8.08. The monoisotopic (exact) mass is 359 g/mol. The van der Waals surface area contributed by atoms with Gasteiger partial charge in [-0.3, -0.25) is 4.99 Å². The molecule has 0 unspecified atom stereocenters. The van der Waals surface area contributed by atoms with Gasteiger partial charge in [-0.1, -0.05) is 45.2 Å². The van der Waals surface area contributed by atoms with E-state index in [9.17, 15) is 10.2 Å². The minimum Gasteiger partial charge on any atom is -0.504 e. The highest BCUT2D eigenvalue weighted by molar-refractivity contribution is 9.10. The third kappa shape index (κ3) is 3.21. The Hall–Kier alpha value is -1.23. The third-order valence-corrected chi connectivity index (χ3v) is 3.62. The average molecular weight is 361 g/mol. The molecular formula is C13H8BrCl2NO2. The van der Waals surface area contributed by atoms with E-state index in [-0.39, 0.29) is 11.5 Å². The Balaban J connectivity index is 2.41. The average Bonchev–Trinajstić information content (AvgIpc) is 2.36. The van der Waals surface area contributed by atoms with Crippen molar-refractivity contribution in [1.29, 1.82) is 0 Å². The molecule has 6 heteroatoms. The molecule has 0 atom stereocenters. The third-order valence-electron chi connectivity index (χ3n) is 2.36. The summed E-state index contributed by atoms with van der Waals surface area (Å²) >= 11 is 15.1. The van der Waals surface area contributed by atoms with Crippen molar-refractivity contribution in [2.45, 2.75) is 0 Å². The van der Waals surface area contributed by atoms with Crippen molar-refractivity contribution in [3.05, 3.63) is 50.4 Å². The van der Waals surface area contributed by atoms with Crippen LogP contribution in [0.2, 0.25) is 10.0 Å². The Kier molecular flexibility index (Phi) is 4.34. The smallest absolute Gasteiger partial charge is 0.166 e. The second kappa shape index (κ2) is 5.82. The summed E-state index contributed by atoms with van der Waals surface area (Å²) in [5, 5.41) is 19.9. The van der Waals surface area contributed by atoms with Gasteiger partial charge in [0.25, 0.3) is 0 Å². The minimum atomic E-state index is -0.245. The lowest BCUT2D eigenvalue weighted by Gasteiger charge is -2.03. The number of halogens is 3. The summed E-state index contributed by atoms with van der Waals surface area (Å²) in [7, 11) is 0. The second-order valence-electron chi connectivity index (χ2n) is 3.69. The first-order valence-electron chi connectivity index (χ1n) is 5.18.